The van der Waals surface area contributed by atoms with Crippen LogP contribution in [-0.2, 0) is 14.3 Å². The standard InChI is InChI=1S/C11H23BNO5/c1-17-8-9-18-7-5-11(13,10(14)15)4-2-3-6-12-16/h16H,2-9,13H2,1H3,(H,14,15). The molecule has 4 N–H and O–H groups in total. The minimum atomic E-state index is -1.25. The Labute approximate surface area is 109 Å². The molecule has 1 radical (unpaired) electrons. The van der Waals surface area contributed by atoms with E-state index < -0.39 is 11.5 Å². The minimum Gasteiger partial charge on any atom is -0.480 e. The molecule has 0 aliphatic carbocycles. The number of nitrogens with two attached hydrogens (primary N) is 1. The first-order chi connectivity index (χ1) is 8.56. The molecule has 0 aliphatic rings. The van der Waals surface area contributed by atoms with Gasteiger partial charge in [0.05, 0.1) is 13.2 Å². The van der Waals surface area contributed by atoms with Crippen LogP contribution < -0.4 is 5.73 Å². The first-order valence-electron chi connectivity index (χ1n) is 6.11. The molecule has 105 valence electrons. The molecular formula is C11H23BNO5. The highest BCUT2D eigenvalue weighted by Gasteiger charge is 2.32. The number of hydrogen-bond donors (Lipinski definition) is 3. The SMILES string of the molecule is COCCOCCC(N)(CCCC[B]O)C(=O)O. The first-order valence-corrected chi connectivity index (χ1v) is 6.11. The quantitative estimate of drug-likeness (QED) is 0.338. The summed E-state index contributed by atoms with van der Waals surface area (Å²) >= 11 is 0. The highest BCUT2D eigenvalue weighted by Crippen LogP contribution is 2.17. The van der Waals surface area contributed by atoms with Gasteiger partial charge in [-0.2, -0.15) is 0 Å². The number of aliphatic carboxylic acids is 1. The highest BCUT2D eigenvalue weighted by atomic mass is 16.5. The lowest BCUT2D eigenvalue weighted by Crippen LogP contribution is -2.48. The van der Waals surface area contributed by atoms with E-state index in [9.17, 15) is 4.79 Å². The average Bonchev–Trinajstić information content (AvgIpc) is 2.34. The van der Waals surface area contributed by atoms with Crippen LogP contribution in [0.4, 0.5) is 0 Å². The second kappa shape index (κ2) is 10.3. The number of ether oxygens (including phenoxy) is 2. The lowest BCUT2D eigenvalue weighted by atomic mass is 9.86. The molecule has 0 fully saturated rings. The van der Waals surface area contributed by atoms with E-state index in [1.54, 1.807) is 7.11 Å². The summed E-state index contributed by atoms with van der Waals surface area (Å²) in [6.07, 6.45) is 2.60. The van der Waals surface area contributed by atoms with Crippen molar-refractivity contribution in [3.63, 3.8) is 0 Å². The Morgan fingerprint density at radius 2 is 2.00 bits per heavy atom. The molecule has 0 aliphatic heterocycles. The Morgan fingerprint density at radius 3 is 2.56 bits per heavy atom. The van der Waals surface area contributed by atoms with Gasteiger partial charge in [-0.05, 0) is 12.8 Å². The van der Waals surface area contributed by atoms with Crippen LogP contribution in [0.15, 0.2) is 0 Å². The zero-order chi connectivity index (χ0) is 13.9. The zero-order valence-electron chi connectivity index (χ0n) is 10.9. The second-order valence-electron chi connectivity index (χ2n) is 4.24. The van der Waals surface area contributed by atoms with Gasteiger partial charge in [-0.1, -0.05) is 19.2 Å². The van der Waals surface area contributed by atoms with Gasteiger partial charge in [-0.25, -0.2) is 0 Å². The Bertz CT molecular complexity index is 229. The Morgan fingerprint density at radius 1 is 1.28 bits per heavy atom. The summed E-state index contributed by atoms with van der Waals surface area (Å²) in [5.74, 6) is -1.01. The number of carbonyl (C=O) groups is 1. The largest absolute Gasteiger partial charge is 0.480 e. The molecule has 18 heavy (non-hydrogen) atoms. The van der Waals surface area contributed by atoms with Crippen molar-refractivity contribution in [2.45, 2.75) is 37.5 Å². The fraction of sp³-hybridized carbons (Fsp3) is 0.909. The maximum atomic E-state index is 11.1. The highest BCUT2D eigenvalue weighted by molar-refractivity contribution is 6.25. The summed E-state index contributed by atoms with van der Waals surface area (Å²) in [6.45, 7) is 1.22. The van der Waals surface area contributed by atoms with E-state index in [0.717, 1.165) is 13.9 Å². The number of hydrogen-bond acceptors (Lipinski definition) is 5. The average molecular weight is 260 g/mol. The molecule has 0 aromatic rings. The van der Waals surface area contributed by atoms with Crippen molar-refractivity contribution in [1.82, 2.24) is 0 Å². The van der Waals surface area contributed by atoms with Gasteiger partial charge in [0.25, 0.3) is 7.48 Å². The van der Waals surface area contributed by atoms with Gasteiger partial charge in [0.15, 0.2) is 0 Å². The van der Waals surface area contributed by atoms with Crippen molar-refractivity contribution >= 4 is 13.5 Å². The molecule has 0 saturated heterocycles. The summed E-state index contributed by atoms with van der Waals surface area (Å²) in [5, 5.41) is 17.7. The van der Waals surface area contributed by atoms with E-state index in [-0.39, 0.29) is 6.42 Å². The third kappa shape index (κ3) is 7.65. The van der Waals surface area contributed by atoms with E-state index in [1.807, 2.05) is 0 Å². The molecule has 0 aromatic carbocycles. The molecule has 7 heteroatoms. The molecule has 0 spiro atoms. The summed E-state index contributed by atoms with van der Waals surface area (Å²) in [4.78, 5) is 11.1. The van der Waals surface area contributed by atoms with E-state index >= 15 is 0 Å². The van der Waals surface area contributed by atoms with Crippen molar-refractivity contribution < 1.29 is 24.4 Å². The van der Waals surface area contributed by atoms with Crippen molar-refractivity contribution in [2.24, 2.45) is 5.73 Å². The Balaban J connectivity index is 3.90. The summed E-state index contributed by atoms with van der Waals surface area (Å²) < 4.78 is 10.0. The van der Waals surface area contributed by atoms with Crippen molar-refractivity contribution in [1.29, 1.82) is 0 Å². The van der Waals surface area contributed by atoms with Crippen LogP contribution in [-0.4, -0.2) is 56.1 Å². The van der Waals surface area contributed by atoms with E-state index in [1.165, 1.54) is 0 Å². The van der Waals surface area contributed by atoms with Crippen LogP contribution >= 0.6 is 0 Å². The Kier molecular flexibility index (Phi) is 9.95. The molecule has 0 aromatic heterocycles. The van der Waals surface area contributed by atoms with Crippen molar-refractivity contribution in [3.8, 4) is 0 Å². The molecule has 0 heterocycles. The molecule has 0 amide bonds. The van der Waals surface area contributed by atoms with Gasteiger partial charge in [0.1, 0.15) is 5.54 Å². The van der Waals surface area contributed by atoms with E-state index in [2.05, 4.69) is 0 Å². The van der Waals surface area contributed by atoms with Crippen LogP contribution in [0.1, 0.15) is 25.7 Å². The summed E-state index contributed by atoms with van der Waals surface area (Å²) in [7, 11) is 2.65. The van der Waals surface area contributed by atoms with Gasteiger partial charge in [-0.15, -0.1) is 0 Å². The van der Waals surface area contributed by atoms with Gasteiger partial charge >= 0.3 is 5.97 Å². The molecule has 1 unspecified atom stereocenters. The second-order valence-corrected chi connectivity index (χ2v) is 4.24. The maximum absolute atomic E-state index is 11.1. The zero-order valence-corrected chi connectivity index (χ0v) is 10.9. The fourth-order valence-corrected chi connectivity index (χ4v) is 1.51. The fourth-order valence-electron chi connectivity index (χ4n) is 1.51. The van der Waals surface area contributed by atoms with E-state index in [4.69, 9.17) is 25.3 Å². The van der Waals surface area contributed by atoms with Gasteiger partial charge in [-0.3, -0.25) is 4.79 Å². The van der Waals surface area contributed by atoms with Crippen molar-refractivity contribution in [3.05, 3.63) is 0 Å². The number of carboxylic acids is 1. The number of carboxylic acid groups (broad SMARTS) is 1. The minimum absolute atomic E-state index is 0.273. The number of rotatable bonds is 12. The predicted octanol–water partition coefficient (Wildman–Crippen LogP) is 0.0217. The smallest absolute Gasteiger partial charge is 0.323 e. The topological polar surface area (TPSA) is 102 Å². The van der Waals surface area contributed by atoms with Crippen LogP contribution in [0.5, 0.6) is 0 Å². The monoisotopic (exact) mass is 260 g/mol. The molecule has 0 bridgehead atoms. The van der Waals surface area contributed by atoms with Crippen LogP contribution in [0, 0.1) is 0 Å². The summed E-state index contributed by atoms with van der Waals surface area (Å²) in [5.41, 5.74) is 4.61. The van der Waals surface area contributed by atoms with Crippen LogP contribution in [0.25, 0.3) is 0 Å². The third-order valence-corrected chi connectivity index (χ3v) is 2.76. The molecule has 6 nitrogen and oxygen atoms in total. The molecule has 1 atom stereocenters. The van der Waals surface area contributed by atoms with Crippen molar-refractivity contribution in [2.75, 3.05) is 26.9 Å². The number of methoxy groups -OCH3 is 1. The maximum Gasteiger partial charge on any atom is 0.323 e. The predicted molar refractivity (Wildman–Crippen MR) is 68.5 cm³/mol. The van der Waals surface area contributed by atoms with Gasteiger partial charge in [0, 0.05) is 13.7 Å². The lowest BCUT2D eigenvalue weighted by molar-refractivity contribution is -0.144. The molecular weight excluding hydrogens is 237 g/mol. The molecule has 0 rings (SSSR count). The third-order valence-electron chi connectivity index (χ3n) is 2.76. The lowest BCUT2D eigenvalue weighted by Gasteiger charge is -2.24. The van der Waals surface area contributed by atoms with E-state index in [0.29, 0.717) is 39.0 Å². The van der Waals surface area contributed by atoms with Crippen LogP contribution in [0.2, 0.25) is 6.32 Å². The number of unbranched alkanes of at least 4 members (excludes halogenated alkanes) is 1. The van der Waals surface area contributed by atoms with Crippen LogP contribution in [0.3, 0.4) is 0 Å². The summed E-state index contributed by atoms with van der Waals surface area (Å²) in [6, 6.07) is 0. The van der Waals surface area contributed by atoms with Gasteiger partial charge < -0.3 is 25.3 Å². The first kappa shape index (κ1) is 17.4. The Hall–Kier alpha value is -0.625. The van der Waals surface area contributed by atoms with Gasteiger partial charge in [0.2, 0.25) is 0 Å². The molecule has 0 saturated carbocycles. The normalized spacial score (nSPS) is 14.2.